The Morgan fingerprint density at radius 3 is 1.96 bits per heavy atom. The number of benzene rings is 3. The van der Waals surface area contributed by atoms with Crippen LogP contribution in [0.3, 0.4) is 0 Å². The third-order valence-corrected chi connectivity index (χ3v) is 3.56. The molecule has 4 nitrogen and oxygen atoms in total. The minimum absolute atomic E-state index is 0.0707. The molecule has 0 aromatic heterocycles. The number of carbonyl (C=O) groups is 1. The second-order valence-corrected chi connectivity index (χ2v) is 5.35. The SMILES string of the molecule is O=C(NN(c1ccccc1)c1ccccc1)c1cccc(OC(F)F)c1. The quantitative estimate of drug-likeness (QED) is 0.648. The normalized spacial score (nSPS) is 10.4. The lowest BCUT2D eigenvalue weighted by Gasteiger charge is -2.25. The molecule has 3 rings (SSSR count). The molecule has 3 aromatic carbocycles. The van der Waals surface area contributed by atoms with Crippen LogP contribution in [0.15, 0.2) is 84.9 Å². The zero-order chi connectivity index (χ0) is 18.4. The van der Waals surface area contributed by atoms with Gasteiger partial charge in [-0.1, -0.05) is 42.5 Å². The van der Waals surface area contributed by atoms with E-state index in [0.29, 0.717) is 0 Å². The van der Waals surface area contributed by atoms with Gasteiger partial charge in [-0.25, -0.2) is 0 Å². The summed E-state index contributed by atoms with van der Waals surface area (Å²) < 4.78 is 29.1. The number of amides is 1. The molecule has 132 valence electrons. The van der Waals surface area contributed by atoms with Crippen molar-refractivity contribution >= 4 is 17.3 Å². The van der Waals surface area contributed by atoms with Gasteiger partial charge < -0.3 is 4.74 Å². The van der Waals surface area contributed by atoms with Gasteiger partial charge in [-0.3, -0.25) is 15.2 Å². The topological polar surface area (TPSA) is 41.6 Å². The Morgan fingerprint density at radius 1 is 0.846 bits per heavy atom. The van der Waals surface area contributed by atoms with Crippen LogP contribution in [-0.4, -0.2) is 12.5 Å². The number of para-hydroxylation sites is 2. The van der Waals surface area contributed by atoms with Crippen molar-refractivity contribution in [1.82, 2.24) is 5.43 Å². The van der Waals surface area contributed by atoms with Gasteiger partial charge in [-0.15, -0.1) is 0 Å². The van der Waals surface area contributed by atoms with Crippen LogP contribution in [0.25, 0.3) is 0 Å². The molecule has 26 heavy (non-hydrogen) atoms. The highest BCUT2D eigenvalue weighted by Crippen LogP contribution is 2.23. The van der Waals surface area contributed by atoms with Crippen molar-refractivity contribution in [2.24, 2.45) is 0 Å². The summed E-state index contributed by atoms with van der Waals surface area (Å²) >= 11 is 0. The summed E-state index contributed by atoms with van der Waals surface area (Å²) in [4.78, 5) is 12.6. The van der Waals surface area contributed by atoms with Crippen LogP contribution >= 0.6 is 0 Å². The molecular formula is C20H16F2N2O2. The van der Waals surface area contributed by atoms with E-state index in [4.69, 9.17) is 0 Å². The average molecular weight is 354 g/mol. The van der Waals surface area contributed by atoms with E-state index in [1.807, 2.05) is 60.7 Å². The zero-order valence-electron chi connectivity index (χ0n) is 13.7. The molecule has 0 saturated carbocycles. The molecule has 1 amide bonds. The predicted molar refractivity (Wildman–Crippen MR) is 95.6 cm³/mol. The molecule has 1 N–H and O–H groups in total. The number of rotatable bonds is 6. The van der Waals surface area contributed by atoms with Crippen molar-refractivity contribution in [3.8, 4) is 5.75 Å². The summed E-state index contributed by atoms with van der Waals surface area (Å²) in [5.74, 6) is -0.518. The lowest BCUT2D eigenvalue weighted by atomic mass is 10.2. The van der Waals surface area contributed by atoms with Crippen molar-refractivity contribution in [2.45, 2.75) is 6.61 Å². The number of hydrazine groups is 1. The Morgan fingerprint density at radius 2 is 1.42 bits per heavy atom. The van der Waals surface area contributed by atoms with Gasteiger partial charge in [0.25, 0.3) is 5.91 Å². The predicted octanol–water partition coefficient (Wildman–Crippen LogP) is 4.77. The number of anilines is 2. The number of hydrogen-bond donors (Lipinski definition) is 1. The maximum Gasteiger partial charge on any atom is 0.387 e. The van der Waals surface area contributed by atoms with Crippen LogP contribution in [0.4, 0.5) is 20.2 Å². The summed E-state index contributed by atoms with van der Waals surface area (Å²) in [5, 5.41) is 1.63. The van der Waals surface area contributed by atoms with Gasteiger partial charge in [0.15, 0.2) is 0 Å². The molecule has 0 spiro atoms. The summed E-state index contributed by atoms with van der Waals surface area (Å²) in [6, 6.07) is 24.2. The number of nitrogens with zero attached hydrogens (tertiary/aromatic N) is 1. The average Bonchev–Trinajstić information content (AvgIpc) is 2.67. The highest BCUT2D eigenvalue weighted by Gasteiger charge is 2.15. The Labute approximate surface area is 149 Å². The molecule has 0 saturated heterocycles. The van der Waals surface area contributed by atoms with E-state index in [-0.39, 0.29) is 11.3 Å². The smallest absolute Gasteiger partial charge is 0.387 e. The van der Waals surface area contributed by atoms with E-state index >= 15 is 0 Å². The van der Waals surface area contributed by atoms with Crippen LogP contribution in [0.2, 0.25) is 0 Å². The Hall–Kier alpha value is -3.41. The van der Waals surface area contributed by atoms with Crippen LogP contribution in [0.5, 0.6) is 5.75 Å². The minimum atomic E-state index is -2.95. The Kier molecular flexibility index (Phi) is 5.43. The highest BCUT2D eigenvalue weighted by atomic mass is 19.3. The molecule has 6 heteroatoms. The molecule has 0 bridgehead atoms. The van der Waals surface area contributed by atoms with Crippen LogP contribution in [-0.2, 0) is 0 Å². The van der Waals surface area contributed by atoms with Crippen molar-refractivity contribution < 1.29 is 18.3 Å². The van der Waals surface area contributed by atoms with E-state index in [1.165, 1.54) is 24.3 Å². The summed E-state index contributed by atoms with van der Waals surface area (Å²) in [7, 11) is 0. The first kappa shape index (κ1) is 17.4. The first-order chi connectivity index (χ1) is 12.6. The van der Waals surface area contributed by atoms with Crippen molar-refractivity contribution in [1.29, 1.82) is 0 Å². The number of carbonyl (C=O) groups excluding carboxylic acids is 1. The number of alkyl halides is 2. The largest absolute Gasteiger partial charge is 0.435 e. The first-order valence-electron chi connectivity index (χ1n) is 7.89. The van der Waals surface area contributed by atoms with Crippen LogP contribution in [0.1, 0.15) is 10.4 Å². The Balaban J connectivity index is 1.86. The van der Waals surface area contributed by atoms with E-state index in [0.717, 1.165) is 11.4 Å². The number of halogens is 2. The summed E-state index contributed by atoms with van der Waals surface area (Å²) in [6.45, 7) is -2.95. The van der Waals surface area contributed by atoms with Crippen LogP contribution < -0.4 is 15.2 Å². The molecular weight excluding hydrogens is 338 g/mol. The fourth-order valence-electron chi connectivity index (χ4n) is 2.41. The standard InChI is InChI=1S/C20H16F2N2O2/c21-20(22)26-18-13-7-8-15(14-18)19(25)23-24(16-9-3-1-4-10-16)17-11-5-2-6-12-17/h1-14,20H,(H,23,25). The maximum absolute atomic E-state index is 12.6. The minimum Gasteiger partial charge on any atom is -0.435 e. The number of ether oxygens (including phenoxy) is 1. The molecule has 0 aliphatic heterocycles. The van der Waals surface area contributed by atoms with E-state index in [2.05, 4.69) is 10.2 Å². The van der Waals surface area contributed by atoms with Gasteiger partial charge in [-0.2, -0.15) is 8.78 Å². The third kappa shape index (κ3) is 4.36. The summed E-state index contributed by atoms with van der Waals surface area (Å²) in [6.07, 6.45) is 0. The van der Waals surface area contributed by atoms with E-state index in [9.17, 15) is 13.6 Å². The van der Waals surface area contributed by atoms with Gasteiger partial charge in [0.1, 0.15) is 5.75 Å². The molecule has 0 fully saturated rings. The van der Waals surface area contributed by atoms with Crippen molar-refractivity contribution in [3.05, 3.63) is 90.5 Å². The van der Waals surface area contributed by atoms with Gasteiger partial charge >= 0.3 is 6.61 Å². The molecule has 0 aliphatic rings. The fraction of sp³-hybridized carbons (Fsp3) is 0.0500. The fourth-order valence-corrected chi connectivity index (χ4v) is 2.41. The van der Waals surface area contributed by atoms with Gasteiger partial charge in [0.05, 0.1) is 11.4 Å². The number of hydrogen-bond acceptors (Lipinski definition) is 3. The van der Waals surface area contributed by atoms with Crippen molar-refractivity contribution in [3.63, 3.8) is 0 Å². The zero-order valence-corrected chi connectivity index (χ0v) is 13.7. The van der Waals surface area contributed by atoms with Gasteiger partial charge in [0, 0.05) is 5.56 Å². The lowest BCUT2D eigenvalue weighted by Crippen LogP contribution is -2.38. The third-order valence-electron chi connectivity index (χ3n) is 3.56. The maximum atomic E-state index is 12.6. The Bertz CT molecular complexity index is 818. The molecule has 0 atom stereocenters. The van der Waals surface area contributed by atoms with E-state index in [1.54, 1.807) is 5.01 Å². The van der Waals surface area contributed by atoms with Gasteiger partial charge in [-0.05, 0) is 42.5 Å². The number of nitrogens with one attached hydrogen (secondary N) is 1. The molecule has 3 aromatic rings. The molecule has 0 unspecified atom stereocenters. The second-order valence-electron chi connectivity index (χ2n) is 5.35. The second kappa shape index (κ2) is 8.11. The highest BCUT2D eigenvalue weighted by molar-refractivity contribution is 5.96. The van der Waals surface area contributed by atoms with Crippen molar-refractivity contribution in [2.75, 3.05) is 5.01 Å². The molecule has 0 heterocycles. The lowest BCUT2D eigenvalue weighted by molar-refractivity contribution is -0.0498. The monoisotopic (exact) mass is 354 g/mol. The summed E-state index contributed by atoms with van der Waals surface area (Å²) in [5.41, 5.74) is 4.52. The molecule has 0 aliphatic carbocycles. The van der Waals surface area contributed by atoms with Gasteiger partial charge in [0.2, 0.25) is 0 Å². The first-order valence-corrected chi connectivity index (χ1v) is 7.89. The molecule has 0 radical (unpaired) electrons. The van der Waals surface area contributed by atoms with E-state index < -0.39 is 12.5 Å². The van der Waals surface area contributed by atoms with Crippen LogP contribution in [0, 0.1) is 0 Å².